The number of hydrogen-bond donors (Lipinski definition) is 2. The SMILES string of the molecule is CN(CC(=O)N1CC[NH+](CC(=O)NC(C)(C)C)CC1)C(=O)Cc1ccc(Cl)cc1. The third-order valence-electron chi connectivity index (χ3n) is 4.82. The number of benzene rings is 1. The first-order valence-electron chi connectivity index (χ1n) is 9.94. The fraction of sp³-hybridized carbons (Fsp3) is 0.571. The van der Waals surface area contributed by atoms with E-state index in [-0.39, 0.29) is 36.2 Å². The van der Waals surface area contributed by atoms with Gasteiger partial charge in [0.1, 0.15) is 0 Å². The molecule has 29 heavy (non-hydrogen) atoms. The number of nitrogens with zero attached hydrogens (tertiary/aromatic N) is 2. The number of piperazine rings is 1. The summed E-state index contributed by atoms with van der Waals surface area (Å²) in [6, 6.07) is 7.12. The standard InChI is InChI=1S/C21H31ClN4O3/c1-21(2,3)23-18(27)14-25-9-11-26(12-10-25)20(29)15-24(4)19(28)13-16-5-7-17(22)8-6-16/h5-8H,9-15H2,1-4H3,(H,23,27)/p+1. The molecule has 3 amide bonds. The minimum atomic E-state index is -0.239. The largest absolute Gasteiger partial charge is 0.347 e. The van der Waals surface area contributed by atoms with Crippen LogP contribution < -0.4 is 10.2 Å². The van der Waals surface area contributed by atoms with Crippen molar-refractivity contribution in [3.63, 3.8) is 0 Å². The minimum Gasteiger partial charge on any atom is -0.347 e. The fourth-order valence-electron chi connectivity index (χ4n) is 3.24. The second-order valence-electron chi connectivity index (χ2n) is 8.66. The third kappa shape index (κ3) is 8.03. The maximum atomic E-state index is 12.6. The van der Waals surface area contributed by atoms with E-state index >= 15 is 0 Å². The molecule has 1 aliphatic heterocycles. The lowest BCUT2D eigenvalue weighted by Crippen LogP contribution is -3.16. The van der Waals surface area contributed by atoms with E-state index in [9.17, 15) is 14.4 Å². The summed E-state index contributed by atoms with van der Waals surface area (Å²) in [5.41, 5.74) is 0.627. The summed E-state index contributed by atoms with van der Waals surface area (Å²) in [5, 5.41) is 3.60. The van der Waals surface area contributed by atoms with Crippen LogP contribution in [0.5, 0.6) is 0 Å². The Morgan fingerprint density at radius 1 is 1.14 bits per heavy atom. The highest BCUT2D eigenvalue weighted by atomic mass is 35.5. The van der Waals surface area contributed by atoms with Crippen molar-refractivity contribution in [3.8, 4) is 0 Å². The number of quaternary nitrogens is 1. The molecule has 1 aliphatic rings. The number of carbonyl (C=O) groups excluding carboxylic acids is 3. The molecule has 1 aromatic rings. The Labute approximate surface area is 178 Å². The normalized spacial score (nSPS) is 15.1. The van der Waals surface area contributed by atoms with Crippen LogP contribution in [0.3, 0.4) is 0 Å². The summed E-state index contributed by atoms with van der Waals surface area (Å²) in [7, 11) is 1.65. The zero-order valence-electron chi connectivity index (χ0n) is 17.8. The van der Waals surface area contributed by atoms with E-state index in [1.165, 1.54) is 9.80 Å². The van der Waals surface area contributed by atoms with Gasteiger partial charge in [-0.1, -0.05) is 23.7 Å². The smallest absolute Gasteiger partial charge is 0.275 e. The van der Waals surface area contributed by atoms with Gasteiger partial charge < -0.3 is 20.0 Å². The zero-order chi connectivity index (χ0) is 21.6. The van der Waals surface area contributed by atoms with Crippen LogP contribution in [0.2, 0.25) is 5.02 Å². The number of nitrogens with one attached hydrogen (secondary N) is 2. The van der Waals surface area contributed by atoms with Gasteiger partial charge in [-0.15, -0.1) is 0 Å². The molecule has 0 radical (unpaired) electrons. The Bertz CT molecular complexity index is 722. The highest BCUT2D eigenvalue weighted by Gasteiger charge is 2.27. The van der Waals surface area contributed by atoms with Crippen LogP contribution in [0.4, 0.5) is 0 Å². The van der Waals surface area contributed by atoms with Crippen molar-refractivity contribution in [2.45, 2.75) is 32.7 Å². The van der Waals surface area contributed by atoms with Crippen LogP contribution in [-0.2, 0) is 20.8 Å². The number of rotatable bonds is 6. The van der Waals surface area contributed by atoms with Crippen molar-refractivity contribution in [3.05, 3.63) is 34.9 Å². The van der Waals surface area contributed by atoms with Crippen LogP contribution in [0, 0.1) is 0 Å². The Balaban J connectivity index is 1.75. The van der Waals surface area contributed by atoms with Crippen molar-refractivity contribution >= 4 is 29.3 Å². The van der Waals surface area contributed by atoms with Gasteiger partial charge in [0, 0.05) is 17.6 Å². The fourth-order valence-corrected chi connectivity index (χ4v) is 3.37. The summed E-state index contributed by atoms with van der Waals surface area (Å²) in [5.74, 6) is -0.140. The van der Waals surface area contributed by atoms with Crippen LogP contribution in [0.15, 0.2) is 24.3 Å². The first kappa shape index (κ1) is 23.2. The molecule has 0 unspecified atom stereocenters. The molecule has 8 heteroatoms. The lowest BCUT2D eigenvalue weighted by molar-refractivity contribution is -0.896. The molecule has 0 bridgehead atoms. The predicted octanol–water partition coefficient (Wildman–Crippen LogP) is -0.0173. The molecule has 1 heterocycles. The van der Waals surface area contributed by atoms with Crippen LogP contribution in [0.1, 0.15) is 26.3 Å². The van der Waals surface area contributed by atoms with E-state index in [1.54, 1.807) is 24.1 Å². The summed E-state index contributed by atoms with van der Waals surface area (Å²) >= 11 is 5.86. The summed E-state index contributed by atoms with van der Waals surface area (Å²) < 4.78 is 0. The highest BCUT2D eigenvalue weighted by molar-refractivity contribution is 6.30. The maximum absolute atomic E-state index is 12.6. The number of likely N-dealkylation sites (N-methyl/N-ethyl adjacent to an activating group) is 1. The van der Waals surface area contributed by atoms with Crippen molar-refractivity contribution in [1.29, 1.82) is 0 Å². The molecule has 0 saturated carbocycles. The van der Waals surface area contributed by atoms with Gasteiger partial charge in [0.15, 0.2) is 6.54 Å². The van der Waals surface area contributed by atoms with Crippen LogP contribution in [0.25, 0.3) is 0 Å². The molecule has 2 N–H and O–H groups in total. The number of carbonyl (C=O) groups is 3. The summed E-state index contributed by atoms with van der Waals surface area (Å²) in [6.45, 7) is 9.00. The topological polar surface area (TPSA) is 74.2 Å². The van der Waals surface area contributed by atoms with Gasteiger partial charge in [0.05, 0.1) is 39.1 Å². The van der Waals surface area contributed by atoms with E-state index in [0.717, 1.165) is 18.7 Å². The number of hydrogen-bond acceptors (Lipinski definition) is 3. The quantitative estimate of drug-likeness (QED) is 0.675. The molecule has 0 spiro atoms. The van der Waals surface area contributed by atoms with Crippen LogP contribution in [-0.4, -0.2) is 79.4 Å². The Morgan fingerprint density at radius 3 is 2.28 bits per heavy atom. The van der Waals surface area contributed by atoms with Crippen molar-refractivity contribution in [2.75, 3.05) is 46.3 Å². The minimum absolute atomic E-state index is 0.0276. The molecule has 1 aromatic carbocycles. The van der Waals surface area contributed by atoms with E-state index in [4.69, 9.17) is 11.6 Å². The van der Waals surface area contributed by atoms with Gasteiger partial charge in [-0.05, 0) is 38.5 Å². The van der Waals surface area contributed by atoms with E-state index in [0.29, 0.717) is 24.7 Å². The van der Waals surface area contributed by atoms with Crippen molar-refractivity contribution < 1.29 is 19.3 Å². The van der Waals surface area contributed by atoms with E-state index in [1.807, 2.05) is 32.9 Å². The Kier molecular flexibility index (Phi) is 8.05. The van der Waals surface area contributed by atoms with Crippen molar-refractivity contribution in [2.24, 2.45) is 0 Å². The average molecular weight is 424 g/mol. The second kappa shape index (κ2) is 10.1. The van der Waals surface area contributed by atoms with Gasteiger partial charge in [0.2, 0.25) is 11.8 Å². The molecule has 0 atom stereocenters. The van der Waals surface area contributed by atoms with Gasteiger partial charge in [0.25, 0.3) is 5.91 Å². The van der Waals surface area contributed by atoms with Crippen LogP contribution >= 0.6 is 11.6 Å². The highest BCUT2D eigenvalue weighted by Crippen LogP contribution is 2.10. The Hall–Kier alpha value is -2.12. The number of amides is 3. The second-order valence-corrected chi connectivity index (χ2v) is 9.10. The number of halogens is 1. The predicted molar refractivity (Wildman–Crippen MR) is 113 cm³/mol. The molecular formula is C21H32ClN4O3+. The Morgan fingerprint density at radius 2 is 1.72 bits per heavy atom. The molecule has 0 aromatic heterocycles. The van der Waals surface area contributed by atoms with E-state index < -0.39 is 0 Å². The first-order valence-corrected chi connectivity index (χ1v) is 10.3. The first-order chi connectivity index (χ1) is 13.5. The molecule has 1 saturated heterocycles. The third-order valence-corrected chi connectivity index (χ3v) is 5.07. The van der Waals surface area contributed by atoms with Gasteiger partial charge >= 0.3 is 0 Å². The molecule has 2 rings (SSSR count). The zero-order valence-corrected chi connectivity index (χ0v) is 18.5. The lowest BCUT2D eigenvalue weighted by atomic mass is 10.1. The maximum Gasteiger partial charge on any atom is 0.275 e. The molecule has 160 valence electrons. The average Bonchev–Trinajstić information content (AvgIpc) is 2.62. The van der Waals surface area contributed by atoms with Crippen molar-refractivity contribution in [1.82, 2.24) is 15.1 Å². The molecule has 0 aliphatic carbocycles. The van der Waals surface area contributed by atoms with E-state index in [2.05, 4.69) is 5.32 Å². The van der Waals surface area contributed by atoms with Gasteiger partial charge in [-0.2, -0.15) is 0 Å². The molecular weight excluding hydrogens is 392 g/mol. The molecule has 1 fully saturated rings. The van der Waals surface area contributed by atoms with Gasteiger partial charge in [-0.25, -0.2) is 0 Å². The summed E-state index contributed by atoms with van der Waals surface area (Å²) in [4.78, 5) is 41.4. The lowest BCUT2D eigenvalue weighted by Gasteiger charge is -2.33. The monoisotopic (exact) mass is 423 g/mol. The van der Waals surface area contributed by atoms with Gasteiger partial charge in [-0.3, -0.25) is 14.4 Å². The molecule has 7 nitrogen and oxygen atoms in total. The summed E-state index contributed by atoms with van der Waals surface area (Å²) in [6.07, 6.45) is 0.238.